The van der Waals surface area contributed by atoms with Crippen LogP contribution in [0.3, 0.4) is 0 Å². The molecule has 2 atom stereocenters. The first kappa shape index (κ1) is 16.7. The van der Waals surface area contributed by atoms with Crippen molar-refractivity contribution in [3.8, 4) is 0 Å². The van der Waals surface area contributed by atoms with Crippen LogP contribution in [0.1, 0.15) is 33.4 Å². The second kappa shape index (κ2) is 6.79. The van der Waals surface area contributed by atoms with Crippen LogP contribution in [0.15, 0.2) is 36.4 Å². The maximum Gasteiger partial charge on any atom is 0.255 e. The molecule has 24 heavy (non-hydrogen) atoms. The number of aryl methyl sites for hydroxylation is 1. The summed E-state index contributed by atoms with van der Waals surface area (Å²) in [7, 11) is 3.89. The van der Waals surface area contributed by atoms with Gasteiger partial charge in [-0.25, -0.2) is 5.43 Å². The molecule has 1 aromatic carbocycles. The third kappa shape index (κ3) is 3.09. The molecule has 0 spiro atoms. The Labute approximate surface area is 143 Å². The summed E-state index contributed by atoms with van der Waals surface area (Å²) in [5.41, 5.74) is 10.8. The second-order valence-electron chi connectivity index (χ2n) is 6.70. The van der Waals surface area contributed by atoms with Crippen molar-refractivity contribution in [1.82, 2.24) is 20.3 Å². The maximum absolute atomic E-state index is 12.8. The van der Waals surface area contributed by atoms with Gasteiger partial charge in [0.15, 0.2) is 0 Å². The van der Waals surface area contributed by atoms with E-state index in [2.05, 4.69) is 39.7 Å². The fraction of sp³-hybridized carbons (Fsp3) is 0.421. The van der Waals surface area contributed by atoms with E-state index in [1.54, 1.807) is 0 Å². The van der Waals surface area contributed by atoms with Gasteiger partial charge in [0.2, 0.25) is 0 Å². The van der Waals surface area contributed by atoms with Crippen LogP contribution in [0.4, 0.5) is 0 Å². The van der Waals surface area contributed by atoms with E-state index < -0.39 is 0 Å². The number of aromatic nitrogens is 1. The normalized spacial score (nSPS) is 20.3. The molecule has 1 aliphatic heterocycles. The molecule has 3 rings (SSSR count). The number of carbonyl (C=O) groups is 1. The van der Waals surface area contributed by atoms with Gasteiger partial charge in [0, 0.05) is 44.5 Å². The number of rotatable bonds is 4. The minimum absolute atomic E-state index is 0.0925. The Morgan fingerprint density at radius 2 is 2.00 bits per heavy atom. The van der Waals surface area contributed by atoms with Crippen molar-refractivity contribution >= 4 is 5.91 Å². The minimum Gasteiger partial charge on any atom is -0.351 e. The van der Waals surface area contributed by atoms with E-state index in [0.717, 1.165) is 23.5 Å². The van der Waals surface area contributed by atoms with E-state index in [0.29, 0.717) is 12.5 Å². The van der Waals surface area contributed by atoms with Gasteiger partial charge in [-0.15, -0.1) is 0 Å². The lowest BCUT2D eigenvalue weighted by atomic mass is 9.94. The quantitative estimate of drug-likeness (QED) is 0.905. The predicted molar refractivity (Wildman–Crippen MR) is 95.7 cm³/mol. The lowest BCUT2D eigenvalue weighted by Gasteiger charge is -2.25. The first-order valence-corrected chi connectivity index (χ1v) is 8.40. The van der Waals surface area contributed by atoms with E-state index >= 15 is 0 Å². The second-order valence-corrected chi connectivity index (χ2v) is 6.70. The van der Waals surface area contributed by atoms with Gasteiger partial charge in [-0.2, -0.15) is 0 Å². The highest BCUT2D eigenvalue weighted by Gasteiger charge is 2.30. The smallest absolute Gasteiger partial charge is 0.255 e. The van der Waals surface area contributed by atoms with Crippen molar-refractivity contribution in [2.24, 2.45) is 13.0 Å². The predicted octanol–water partition coefficient (Wildman–Crippen LogP) is 2.18. The van der Waals surface area contributed by atoms with Crippen molar-refractivity contribution in [3.05, 3.63) is 58.9 Å². The summed E-state index contributed by atoms with van der Waals surface area (Å²) in [5.74, 6) is 0.432. The fourth-order valence-corrected chi connectivity index (χ4v) is 3.43. The molecule has 2 N–H and O–H groups in total. The molecular formula is C19H26N4O. The highest BCUT2D eigenvalue weighted by Crippen LogP contribution is 2.26. The molecule has 2 unspecified atom stereocenters. The Hall–Kier alpha value is -2.11. The number of hydrogen-bond acceptors (Lipinski definition) is 3. The molecule has 0 radical (unpaired) electrons. The van der Waals surface area contributed by atoms with Gasteiger partial charge in [0.1, 0.15) is 0 Å². The topological polar surface area (TPSA) is 49.3 Å². The Balaban J connectivity index is 1.73. The summed E-state index contributed by atoms with van der Waals surface area (Å²) >= 11 is 0. The molecule has 1 fully saturated rings. The Bertz CT molecular complexity index is 722. The standard InChI is InChI=1S/C19H26N4O/c1-13-10-17(14(2)23(13)4)19(24)22(3)12-16-11-20-21-18(16)15-8-6-5-7-9-15/h5-10,16,18,20-21H,11-12H2,1-4H3. The number of carbonyl (C=O) groups excluding carboxylic acids is 1. The van der Waals surface area contributed by atoms with Crippen molar-refractivity contribution < 1.29 is 4.79 Å². The van der Waals surface area contributed by atoms with Gasteiger partial charge in [-0.05, 0) is 25.5 Å². The molecule has 0 aliphatic carbocycles. The highest BCUT2D eigenvalue weighted by molar-refractivity contribution is 5.95. The molecule has 5 nitrogen and oxygen atoms in total. The molecule has 0 saturated carbocycles. The van der Waals surface area contributed by atoms with E-state index in [9.17, 15) is 4.79 Å². The minimum atomic E-state index is 0.0925. The molecule has 1 saturated heterocycles. The molecule has 1 aromatic heterocycles. The fourth-order valence-electron chi connectivity index (χ4n) is 3.43. The third-order valence-corrected chi connectivity index (χ3v) is 5.11. The number of nitrogens with one attached hydrogen (secondary N) is 2. The van der Waals surface area contributed by atoms with Crippen molar-refractivity contribution in [1.29, 1.82) is 0 Å². The Morgan fingerprint density at radius 1 is 1.29 bits per heavy atom. The zero-order valence-electron chi connectivity index (χ0n) is 14.8. The molecule has 2 aromatic rings. The maximum atomic E-state index is 12.8. The average Bonchev–Trinajstić information content (AvgIpc) is 3.15. The summed E-state index contributed by atoms with van der Waals surface area (Å²) in [5, 5.41) is 0. The van der Waals surface area contributed by atoms with Crippen LogP contribution in [0.5, 0.6) is 0 Å². The van der Waals surface area contributed by atoms with Gasteiger partial charge < -0.3 is 9.47 Å². The van der Waals surface area contributed by atoms with Crippen molar-refractivity contribution in [2.75, 3.05) is 20.1 Å². The zero-order valence-corrected chi connectivity index (χ0v) is 14.8. The van der Waals surface area contributed by atoms with Crippen molar-refractivity contribution in [2.45, 2.75) is 19.9 Å². The zero-order chi connectivity index (χ0) is 17.3. The Kier molecular flexibility index (Phi) is 4.73. The number of hydrogen-bond donors (Lipinski definition) is 2. The van der Waals surface area contributed by atoms with Crippen LogP contribution >= 0.6 is 0 Å². The van der Waals surface area contributed by atoms with Gasteiger partial charge in [-0.3, -0.25) is 10.2 Å². The van der Waals surface area contributed by atoms with Gasteiger partial charge in [-0.1, -0.05) is 30.3 Å². The average molecular weight is 326 g/mol. The Morgan fingerprint density at radius 3 is 2.62 bits per heavy atom. The van der Waals surface area contributed by atoms with Crippen molar-refractivity contribution in [3.63, 3.8) is 0 Å². The molecule has 2 heterocycles. The summed E-state index contributed by atoms with van der Waals surface area (Å²) in [6, 6.07) is 12.6. The molecule has 1 amide bonds. The summed E-state index contributed by atoms with van der Waals surface area (Å²) in [6.45, 7) is 5.59. The summed E-state index contributed by atoms with van der Waals surface area (Å²) < 4.78 is 2.06. The molecule has 128 valence electrons. The largest absolute Gasteiger partial charge is 0.351 e. The van der Waals surface area contributed by atoms with Crippen LogP contribution in [0.25, 0.3) is 0 Å². The number of amides is 1. The summed E-state index contributed by atoms with van der Waals surface area (Å²) in [6.07, 6.45) is 0. The monoisotopic (exact) mass is 326 g/mol. The van der Waals surface area contributed by atoms with Crippen LogP contribution in [-0.2, 0) is 7.05 Å². The number of nitrogens with zero attached hydrogens (tertiary/aromatic N) is 2. The van der Waals surface area contributed by atoms with E-state index in [-0.39, 0.29) is 11.9 Å². The molecular weight excluding hydrogens is 300 g/mol. The first-order chi connectivity index (χ1) is 11.5. The SMILES string of the molecule is Cc1cc(C(=O)N(C)CC2CNNC2c2ccccc2)c(C)n1C. The summed E-state index contributed by atoms with van der Waals surface area (Å²) in [4.78, 5) is 14.7. The highest BCUT2D eigenvalue weighted by atomic mass is 16.2. The third-order valence-electron chi connectivity index (χ3n) is 5.11. The van der Waals surface area contributed by atoms with Crippen LogP contribution < -0.4 is 10.9 Å². The van der Waals surface area contributed by atoms with Gasteiger partial charge in [0.05, 0.1) is 11.6 Å². The van der Waals surface area contributed by atoms with Crippen LogP contribution in [0, 0.1) is 19.8 Å². The molecule has 5 heteroatoms. The lowest BCUT2D eigenvalue weighted by molar-refractivity contribution is 0.0770. The van der Waals surface area contributed by atoms with Crippen LogP contribution in [0.2, 0.25) is 0 Å². The van der Waals surface area contributed by atoms with Crippen LogP contribution in [-0.4, -0.2) is 35.5 Å². The lowest BCUT2D eigenvalue weighted by Crippen LogP contribution is -2.35. The molecule has 1 aliphatic rings. The molecule has 0 bridgehead atoms. The number of benzene rings is 1. The van der Waals surface area contributed by atoms with E-state index in [1.165, 1.54) is 5.56 Å². The first-order valence-electron chi connectivity index (χ1n) is 8.40. The van der Waals surface area contributed by atoms with E-state index in [4.69, 9.17) is 0 Å². The van der Waals surface area contributed by atoms with E-state index in [1.807, 2.05) is 45.0 Å². The number of hydrazine groups is 1. The van der Waals surface area contributed by atoms with Gasteiger partial charge in [0.25, 0.3) is 5.91 Å². The van der Waals surface area contributed by atoms with Gasteiger partial charge >= 0.3 is 0 Å².